The van der Waals surface area contributed by atoms with E-state index in [-0.39, 0.29) is 11.6 Å². The number of ether oxygens (including phenoxy) is 1. The van der Waals surface area contributed by atoms with Crippen LogP contribution in [-0.4, -0.2) is 18.9 Å². The van der Waals surface area contributed by atoms with Crippen molar-refractivity contribution in [2.75, 3.05) is 17.3 Å². The van der Waals surface area contributed by atoms with Gasteiger partial charge in [0.25, 0.3) is 11.8 Å². The van der Waals surface area contributed by atoms with Crippen molar-refractivity contribution in [2.24, 2.45) is 0 Å². The molecule has 4 rings (SSSR count). The van der Waals surface area contributed by atoms with Gasteiger partial charge in [0.2, 0.25) is 0 Å². The quantitative estimate of drug-likeness (QED) is 0.561. The molecule has 0 saturated carbocycles. The first-order valence-electron chi connectivity index (χ1n) is 10.5. The topological polar surface area (TPSA) is 58.6 Å². The summed E-state index contributed by atoms with van der Waals surface area (Å²) in [6.07, 6.45) is 0. The monoisotopic (exact) mass is 426 g/mol. The number of nitrogens with one attached hydrogen (secondary N) is 1. The highest BCUT2D eigenvalue weighted by molar-refractivity contribution is 6.46. The molecule has 3 aromatic rings. The van der Waals surface area contributed by atoms with Crippen LogP contribution < -0.4 is 15.0 Å². The summed E-state index contributed by atoms with van der Waals surface area (Å²) in [5.41, 5.74) is 6.69. The lowest BCUT2D eigenvalue weighted by Crippen LogP contribution is -2.32. The van der Waals surface area contributed by atoms with E-state index in [1.54, 1.807) is 12.1 Å². The number of aryl methyl sites for hydroxylation is 4. The van der Waals surface area contributed by atoms with Gasteiger partial charge >= 0.3 is 0 Å². The van der Waals surface area contributed by atoms with Crippen molar-refractivity contribution in [3.05, 3.63) is 94.2 Å². The van der Waals surface area contributed by atoms with E-state index in [2.05, 4.69) is 5.32 Å². The molecule has 0 fully saturated rings. The molecule has 3 aromatic carbocycles. The minimum absolute atomic E-state index is 0.255. The van der Waals surface area contributed by atoms with Crippen molar-refractivity contribution in [2.45, 2.75) is 27.7 Å². The third kappa shape index (κ3) is 3.78. The van der Waals surface area contributed by atoms with Crippen LogP contribution in [0.15, 0.2) is 66.4 Å². The molecule has 0 atom stereocenters. The number of imide groups is 1. The van der Waals surface area contributed by atoms with E-state index in [0.717, 1.165) is 27.9 Å². The van der Waals surface area contributed by atoms with Gasteiger partial charge in [-0.05, 0) is 74.2 Å². The standard InChI is InChI=1S/C27H26N2O3/c1-16-6-11-21(12-7-16)28-25-24(20-10-9-18(3)19(4)15-20)26(30)29(27(25)31)22-14-17(2)8-13-23(22)32-5/h6-15,28H,1-5H3. The molecule has 0 radical (unpaired) electrons. The Labute approximate surface area is 188 Å². The van der Waals surface area contributed by atoms with Crippen molar-refractivity contribution in [1.29, 1.82) is 0 Å². The van der Waals surface area contributed by atoms with Gasteiger partial charge in [0, 0.05) is 5.69 Å². The Morgan fingerprint density at radius 2 is 1.44 bits per heavy atom. The number of amides is 2. The summed E-state index contributed by atoms with van der Waals surface area (Å²) >= 11 is 0. The smallest absolute Gasteiger partial charge is 0.282 e. The zero-order chi connectivity index (χ0) is 23.0. The molecule has 162 valence electrons. The van der Waals surface area contributed by atoms with Crippen LogP contribution in [0.4, 0.5) is 11.4 Å². The maximum Gasteiger partial charge on any atom is 0.282 e. The lowest BCUT2D eigenvalue weighted by Gasteiger charge is -2.19. The third-order valence-corrected chi connectivity index (χ3v) is 5.78. The lowest BCUT2D eigenvalue weighted by molar-refractivity contribution is -0.120. The molecule has 5 heteroatoms. The van der Waals surface area contributed by atoms with Gasteiger partial charge in [-0.25, -0.2) is 4.90 Å². The first-order chi connectivity index (χ1) is 15.3. The molecule has 0 bridgehead atoms. The number of anilines is 2. The summed E-state index contributed by atoms with van der Waals surface area (Å²) in [6.45, 7) is 7.93. The fourth-order valence-electron chi connectivity index (χ4n) is 3.79. The molecule has 1 N–H and O–H groups in total. The highest BCUT2D eigenvalue weighted by Crippen LogP contribution is 2.38. The van der Waals surface area contributed by atoms with Gasteiger partial charge in [-0.15, -0.1) is 0 Å². The minimum Gasteiger partial charge on any atom is -0.495 e. The fourth-order valence-corrected chi connectivity index (χ4v) is 3.79. The highest BCUT2D eigenvalue weighted by Gasteiger charge is 2.41. The summed E-state index contributed by atoms with van der Waals surface area (Å²) in [4.78, 5) is 28.5. The Bertz CT molecular complexity index is 1260. The van der Waals surface area contributed by atoms with E-state index in [9.17, 15) is 9.59 Å². The number of methoxy groups -OCH3 is 1. The van der Waals surface area contributed by atoms with Gasteiger partial charge in [0.05, 0.1) is 18.4 Å². The highest BCUT2D eigenvalue weighted by atomic mass is 16.5. The Morgan fingerprint density at radius 3 is 2.09 bits per heavy atom. The normalized spacial score (nSPS) is 13.7. The number of benzene rings is 3. The van der Waals surface area contributed by atoms with Crippen LogP contribution in [0.5, 0.6) is 5.75 Å². The minimum atomic E-state index is -0.410. The number of nitrogens with zero attached hydrogens (tertiary/aromatic N) is 1. The average molecular weight is 427 g/mol. The Balaban J connectivity index is 1.87. The second-order valence-corrected chi connectivity index (χ2v) is 8.16. The summed E-state index contributed by atoms with van der Waals surface area (Å²) < 4.78 is 5.47. The third-order valence-electron chi connectivity index (χ3n) is 5.78. The molecule has 0 unspecified atom stereocenters. The predicted molar refractivity (Wildman–Crippen MR) is 128 cm³/mol. The van der Waals surface area contributed by atoms with Crippen molar-refractivity contribution in [3.63, 3.8) is 0 Å². The zero-order valence-electron chi connectivity index (χ0n) is 18.9. The van der Waals surface area contributed by atoms with Crippen LogP contribution in [0.2, 0.25) is 0 Å². The van der Waals surface area contributed by atoms with Crippen LogP contribution in [-0.2, 0) is 9.59 Å². The first kappa shape index (κ1) is 21.4. The average Bonchev–Trinajstić information content (AvgIpc) is 3.01. The molecule has 1 heterocycles. The largest absolute Gasteiger partial charge is 0.495 e. The van der Waals surface area contributed by atoms with Crippen molar-refractivity contribution in [1.82, 2.24) is 0 Å². The van der Waals surface area contributed by atoms with Gasteiger partial charge in [-0.1, -0.05) is 42.0 Å². The summed E-state index contributed by atoms with van der Waals surface area (Å²) in [6, 6.07) is 19.0. The predicted octanol–water partition coefficient (Wildman–Crippen LogP) is 5.33. The number of rotatable bonds is 5. The maximum absolute atomic E-state index is 13.7. The number of hydrogen-bond donors (Lipinski definition) is 1. The van der Waals surface area contributed by atoms with Crippen LogP contribution in [0, 0.1) is 27.7 Å². The molecule has 2 amide bonds. The summed E-state index contributed by atoms with van der Waals surface area (Å²) in [5, 5.41) is 3.21. The zero-order valence-corrected chi connectivity index (χ0v) is 18.9. The molecule has 1 aliphatic heterocycles. The molecule has 1 aliphatic rings. The molecule has 0 aliphatic carbocycles. The van der Waals surface area contributed by atoms with Gasteiger partial charge in [-0.3, -0.25) is 9.59 Å². The van der Waals surface area contributed by atoms with E-state index in [1.165, 1.54) is 12.0 Å². The number of hydrogen-bond acceptors (Lipinski definition) is 4. The van der Waals surface area contributed by atoms with E-state index in [0.29, 0.717) is 22.6 Å². The SMILES string of the molecule is COc1ccc(C)cc1N1C(=O)C(Nc2ccc(C)cc2)=C(c2ccc(C)c(C)c2)C1=O. The molecule has 0 spiro atoms. The van der Waals surface area contributed by atoms with E-state index < -0.39 is 5.91 Å². The molecular formula is C27H26N2O3. The fraction of sp³-hybridized carbons (Fsp3) is 0.185. The molecule has 0 saturated heterocycles. The van der Waals surface area contributed by atoms with Crippen molar-refractivity contribution in [3.8, 4) is 5.75 Å². The van der Waals surface area contributed by atoms with Crippen LogP contribution in [0.25, 0.3) is 5.57 Å². The lowest BCUT2D eigenvalue weighted by atomic mass is 9.99. The summed E-state index contributed by atoms with van der Waals surface area (Å²) in [7, 11) is 1.53. The Hall–Kier alpha value is -3.86. The molecule has 5 nitrogen and oxygen atoms in total. The van der Waals surface area contributed by atoms with Gasteiger partial charge in [0.15, 0.2) is 0 Å². The van der Waals surface area contributed by atoms with E-state index in [1.807, 2.05) is 76.2 Å². The van der Waals surface area contributed by atoms with E-state index in [4.69, 9.17) is 4.74 Å². The van der Waals surface area contributed by atoms with Crippen LogP contribution in [0.1, 0.15) is 27.8 Å². The second kappa shape index (κ2) is 8.35. The Kier molecular flexibility index (Phi) is 5.57. The Morgan fingerprint density at radius 1 is 0.750 bits per heavy atom. The van der Waals surface area contributed by atoms with Crippen molar-refractivity contribution >= 4 is 28.8 Å². The molecule has 32 heavy (non-hydrogen) atoms. The van der Waals surface area contributed by atoms with Gasteiger partial charge < -0.3 is 10.1 Å². The van der Waals surface area contributed by atoms with Gasteiger partial charge in [-0.2, -0.15) is 0 Å². The number of carbonyl (C=O) groups excluding carboxylic acids is 2. The van der Waals surface area contributed by atoms with Crippen LogP contribution >= 0.6 is 0 Å². The molecular weight excluding hydrogens is 400 g/mol. The second-order valence-electron chi connectivity index (χ2n) is 8.16. The first-order valence-corrected chi connectivity index (χ1v) is 10.5. The van der Waals surface area contributed by atoms with E-state index >= 15 is 0 Å². The molecule has 0 aromatic heterocycles. The van der Waals surface area contributed by atoms with Crippen LogP contribution in [0.3, 0.4) is 0 Å². The summed E-state index contributed by atoms with van der Waals surface area (Å²) in [5.74, 6) is -0.321. The maximum atomic E-state index is 13.7. The van der Waals surface area contributed by atoms with Gasteiger partial charge in [0.1, 0.15) is 11.4 Å². The van der Waals surface area contributed by atoms with Crippen molar-refractivity contribution < 1.29 is 14.3 Å². The number of carbonyl (C=O) groups is 2.